The van der Waals surface area contributed by atoms with Crippen molar-refractivity contribution in [2.75, 3.05) is 0 Å². The fourth-order valence-electron chi connectivity index (χ4n) is 3.89. The molecule has 0 amide bonds. The average Bonchev–Trinajstić information content (AvgIpc) is 3.03. The summed E-state index contributed by atoms with van der Waals surface area (Å²) in [6.07, 6.45) is 3.89. The zero-order valence-electron chi connectivity index (χ0n) is 12.4. The van der Waals surface area contributed by atoms with E-state index in [-0.39, 0.29) is 0 Å². The molecule has 2 aromatic carbocycles. The van der Waals surface area contributed by atoms with Crippen LogP contribution in [0, 0.1) is 5.41 Å². The van der Waals surface area contributed by atoms with Gasteiger partial charge in [0.05, 0.1) is 5.39 Å². The molecule has 2 aromatic rings. The van der Waals surface area contributed by atoms with Crippen molar-refractivity contribution in [1.82, 2.24) is 0 Å². The zero-order valence-corrected chi connectivity index (χ0v) is 12.4. The van der Waals surface area contributed by atoms with Crippen LogP contribution in [0.2, 0.25) is 0 Å². The standard InChI is InChI=1S/C19H12O5/c20-14-7-8-15(21)19(14)16(22)9-10-18(19)23-12-5-1-3-11-4-2-6-13(24-18)17(11)12/h1-10,16,22H. The van der Waals surface area contributed by atoms with Crippen LogP contribution < -0.4 is 9.47 Å². The minimum atomic E-state index is -1.83. The van der Waals surface area contributed by atoms with E-state index in [9.17, 15) is 14.7 Å². The molecule has 0 saturated heterocycles. The summed E-state index contributed by atoms with van der Waals surface area (Å²) in [4.78, 5) is 25.2. The van der Waals surface area contributed by atoms with Crippen LogP contribution in [0.4, 0.5) is 0 Å². The summed E-state index contributed by atoms with van der Waals surface area (Å²) < 4.78 is 12.1. The van der Waals surface area contributed by atoms with Gasteiger partial charge >= 0.3 is 0 Å². The molecule has 118 valence electrons. The molecule has 1 aliphatic heterocycles. The molecule has 5 heteroatoms. The number of aliphatic hydroxyl groups excluding tert-OH is 1. The number of ketones is 2. The third-order valence-electron chi connectivity index (χ3n) is 5.01. The van der Waals surface area contributed by atoms with Crippen LogP contribution in [0.3, 0.4) is 0 Å². The van der Waals surface area contributed by atoms with Gasteiger partial charge in [0.2, 0.25) is 5.41 Å². The highest BCUT2D eigenvalue weighted by atomic mass is 16.7. The molecule has 0 radical (unpaired) electrons. The Morgan fingerprint density at radius 2 is 1.50 bits per heavy atom. The first-order valence-corrected chi connectivity index (χ1v) is 7.63. The number of rotatable bonds is 0. The number of benzene rings is 2. The topological polar surface area (TPSA) is 72.8 Å². The van der Waals surface area contributed by atoms with E-state index < -0.39 is 28.9 Å². The van der Waals surface area contributed by atoms with Crippen molar-refractivity contribution in [2.24, 2.45) is 5.41 Å². The van der Waals surface area contributed by atoms with E-state index in [4.69, 9.17) is 9.47 Å². The predicted molar refractivity (Wildman–Crippen MR) is 84.7 cm³/mol. The van der Waals surface area contributed by atoms with E-state index in [1.54, 1.807) is 12.1 Å². The van der Waals surface area contributed by atoms with Gasteiger partial charge in [0.15, 0.2) is 11.6 Å². The number of carbonyl (C=O) groups is 2. The van der Waals surface area contributed by atoms with E-state index >= 15 is 0 Å². The highest BCUT2D eigenvalue weighted by molar-refractivity contribution is 6.24. The monoisotopic (exact) mass is 320 g/mol. The molecule has 0 bridgehead atoms. The third kappa shape index (κ3) is 1.31. The van der Waals surface area contributed by atoms with Crippen LogP contribution in [0.15, 0.2) is 60.7 Å². The number of fused-ring (bicyclic) bond motifs is 1. The summed E-state index contributed by atoms with van der Waals surface area (Å²) in [5.74, 6) is -1.69. The number of allylic oxidation sites excluding steroid dienone is 2. The molecule has 0 aromatic heterocycles. The van der Waals surface area contributed by atoms with E-state index in [1.165, 1.54) is 24.3 Å². The Morgan fingerprint density at radius 3 is 2.08 bits per heavy atom. The summed E-state index contributed by atoms with van der Waals surface area (Å²) in [6, 6.07) is 11.0. The van der Waals surface area contributed by atoms with Crippen molar-refractivity contribution < 1.29 is 24.2 Å². The lowest BCUT2D eigenvalue weighted by atomic mass is 9.74. The molecule has 24 heavy (non-hydrogen) atoms. The Bertz CT molecular complexity index is 926. The quantitative estimate of drug-likeness (QED) is 0.593. The number of ether oxygens (including phenoxy) is 2. The van der Waals surface area contributed by atoms with Crippen LogP contribution in [-0.4, -0.2) is 28.6 Å². The lowest BCUT2D eigenvalue weighted by molar-refractivity contribution is -0.188. The first-order valence-electron chi connectivity index (χ1n) is 7.63. The Labute approximate surface area is 136 Å². The summed E-state index contributed by atoms with van der Waals surface area (Å²) in [6.45, 7) is 0. The highest BCUT2D eigenvalue weighted by Crippen LogP contribution is 2.54. The van der Waals surface area contributed by atoms with Crippen LogP contribution in [0.1, 0.15) is 0 Å². The molecule has 5 nitrogen and oxygen atoms in total. The smallest absolute Gasteiger partial charge is 0.294 e. The number of carbonyl (C=O) groups excluding carboxylic acids is 2. The van der Waals surface area contributed by atoms with Gasteiger partial charge in [-0.25, -0.2) is 0 Å². The number of hydrogen-bond donors (Lipinski definition) is 1. The SMILES string of the molecule is O=C1C=CC(=O)C12C(O)C=CC21Oc2cccc3cccc(c23)O1. The second-order valence-corrected chi connectivity index (χ2v) is 6.16. The lowest BCUT2D eigenvalue weighted by Crippen LogP contribution is -2.63. The van der Waals surface area contributed by atoms with Crippen molar-refractivity contribution >= 4 is 22.3 Å². The van der Waals surface area contributed by atoms with Crippen LogP contribution in [-0.2, 0) is 9.59 Å². The number of aliphatic hydroxyl groups is 1. The van der Waals surface area contributed by atoms with Crippen molar-refractivity contribution in [1.29, 1.82) is 0 Å². The summed E-state index contributed by atoms with van der Waals surface area (Å²) >= 11 is 0. The molecule has 1 atom stereocenters. The average molecular weight is 320 g/mol. The van der Waals surface area contributed by atoms with Gasteiger partial charge in [-0.1, -0.05) is 30.3 Å². The maximum atomic E-state index is 12.6. The number of hydrogen-bond acceptors (Lipinski definition) is 5. The molecule has 0 fully saturated rings. The molecular formula is C19H12O5. The normalized spacial score (nSPS) is 24.8. The molecule has 1 unspecified atom stereocenters. The Balaban J connectivity index is 1.77. The van der Waals surface area contributed by atoms with Gasteiger partial charge in [-0.3, -0.25) is 9.59 Å². The Morgan fingerprint density at radius 1 is 0.917 bits per heavy atom. The highest BCUT2D eigenvalue weighted by Gasteiger charge is 2.72. The maximum absolute atomic E-state index is 12.6. The van der Waals surface area contributed by atoms with Gasteiger partial charge in [-0.2, -0.15) is 0 Å². The Hall–Kier alpha value is -2.92. The van der Waals surface area contributed by atoms with Crippen LogP contribution >= 0.6 is 0 Å². The van der Waals surface area contributed by atoms with Crippen molar-refractivity contribution in [2.45, 2.75) is 11.9 Å². The van der Waals surface area contributed by atoms with Gasteiger partial charge in [0.25, 0.3) is 5.79 Å². The minimum absolute atomic E-state index is 0.514. The van der Waals surface area contributed by atoms with Crippen LogP contribution in [0.25, 0.3) is 10.8 Å². The predicted octanol–water partition coefficient (Wildman–Crippen LogP) is 1.93. The zero-order chi connectivity index (χ0) is 16.5. The molecule has 1 N–H and O–H groups in total. The van der Waals surface area contributed by atoms with Gasteiger partial charge in [-0.05, 0) is 35.7 Å². The third-order valence-corrected chi connectivity index (χ3v) is 5.01. The van der Waals surface area contributed by atoms with E-state index in [0.29, 0.717) is 11.5 Å². The fourth-order valence-corrected chi connectivity index (χ4v) is 3.89. The van der Waals surface area contributed by atoms with Gasteiger partial charge in [0, 0.05) is 0 Å². The first-order chi connectivity index (χ1) is 11.6. The maximum Gasteiger partial charge on any atom is 0.294 e. The minimum Gasteiger partial charge on any atom is -0.446 e. The molecule has 2 spiro atoms. The summed E-state index contributed by atoms with van der Waals surface area (Å²) in [5.41, 5.74) is -1.83. The molecule has 2 aliphatic carbocycles. The van der Waals surface area contributed by atoms with Gasteiger partial charge < -0.3 is 14.6 Å². The molecule has 5 rings (SSSR count). The second-order valence-electron chi connectivity index (χ2n) is 6.16. The largest absolute Gasteiger partial charge is 0.446 e. The van der Waals surface area contributed by atoms with Gasteiger partial charge in [0.1, 0.15) is 17.6 Å². The second kappa shape index (κ2) is 4.13. The van der Waals surface area contributed by atoms with Gasteiger partial charge in [-0.15, -0.1) is 0 Å². The summed E-state index contributed by atoms with van der Waals surface area (Å²) in [7, 11) is 0. The van der Waals surface area contributed by atoms with Crippen molar-refractivity contribution in [3.05, 3.63) is 60.7 Å². The first kappa shape index (κ1) is 13.5. The Kier molecular flexibility index (Phi) is 2.32. The molecule has 1 heterocycles. The summed E-state index contributed by atoms with van der Waals surface area (Å²) in [5, 5.41) is 12.2. The van der Waals surface area contributed by atoms with Crippen LogP contribution in [0.5, 0.6) is 11.5 Å². The fraction of sp³-hybridized carbons (Fsp3) is 0.158. The van der Waals surface area contributed by atoms with Crippen molar-refractivity contribution in [3.8, 4) is 11.5 Å². The van der Waals surface area contributed by atoms with E-state index in [2.05, 4.69) is 0 Å². The van der Waals surface area contributed by atoms with E-state index in [1.807, 2.05) is 24.3 Å². The van der Waals surface area contributed by atoms with E-state index in [0.717, 1.165) is 10.8 Å². The molecular weight excluding hydrogens is 308 g/mol. The van der Waals surface area contributed by atoms with Crippen molar-refractivity contribution in [3.63, 3.8) is 0 Å². The lowest BCUT2D eigenvalue weighted by Gasteiger charge is -2.44. The molecule has 0 saturated carbocycles. The molecule has 3 aliphatic rings.